The minimum Gasteiger partial charge on any atom is -0.462 e. The van der Waals surface area contributed by atoms with Crippen molar-refractivity contribution in [3.05, 3.63) is 24.3 Å². The minimum atomic E-state index is -0.769. The average molecular weight is 789 g/mol. The van der Waals surface area contributed by atoms with Gasteiger partial charge in [0.25, 0.3) is 0 Å². The molecule has 0 aromatic heterocycles. The van der Waals surface area contributed by atoms with Crippen molar-refractivity contribution >= 4 is 11.9 Å². The van der Waals surface area contributed by atoms with Gasteiger partial charge in [-0.15, -0.1) is 0 Å². The van der Waals surface area contributed by atoms with E-state index in [1.54, 1.807) is 0 Å². The number of aliphatic hydroxyl groups is 1. The molecule has 5 heteroatoms. The Bertz CT molecular complexity index is 851. The summed E-state index contributed by atoms with van der Waals surface area (Å²) in [5.74, 6) is -0.579. The van der Waals surface area contributed by atoms with Gasteiger partial charge >= 0.3 is 11.9 Å². The standard InChI is InChI=1S/C51H96O5/c1-3-5-7-9-11-13-15-17-19-21-23-25-27-29-31-33-35-37-39-41-43-45-50(53)55-48-49(47-52)56-51(54)46-44-42-40-38-36-34-32-30-28-26-24-22-20-18-16-14-12-10-8-6-4-2/h17-20,49,52H,3-16,21-48H2,1-2H3/b19-17-,20-18-/t49-/m0/s1. The van der Waals surface area contributed by atoms with Gasteiger partial charge in [-0.25, -0.2) is 0 Å². The van der Waals surface area contributed by atoms with Gasteiger partial charge in [0, 0.05) is 12.8 Å². The Morgan fingerprint density at radius 2 is 0.661 bits per heavy atom. The van der Waals surface area contributed by atoms with Crippen LogP contribution < -0.4 is 0 Å². The number of carbonyl (C=O) groups excluding carboxylic acids is 2. The van der Waals surface area contributed by atoms with Crippen LogP contribution in [-0.2, 0) is 19.1 Å². The monoisotopic (exact) mass is 789 g/mol. The number of ether oxygens (including phenoxy) is 2. The van der Waals surface area contributed by atoms with Crippen LogP contribution >= 0.6 is 0 Å². The smallest absolute Gasteiger partial charge is 0.306 e. The first-order chi connectivity index (χ1) is 27.6. The molecule has 0 aliphatic carbocycles. The van der Waals surface area contributed by atoms with E-state index in [0.717, 1.165) is 38.5 Å². The summed E-state index contributed by atoms with van der Waals surface area (Å²) < 4.78 is 10.7. The molecule has 0 saturated carbocycles. The van der Waals surface area contributed by atoms with Crippen LogP contribution in [0.2, 0.25) is 0 Å². The Morgan fingerprint density at radius 1 is 0.393 bits per heavy atom. The largest absolute Gasteiger partial charge is 0.462 e. The Balaban J connectivity index is 3.47. The van der Waals surface area contributed by atoms with E-state index in [1.807, 2.05) is 0 Å². The third kappa shape index (κ3) is 45.1. The molecule has 0 aliphatic rings. The van der Waals surface area contributed by atoms with Gasteiger partial charge in [0.1, 0.15) is 6.61 Å². The maximum absolute atomic E-state index is 12.3. The lowest BCUT2D eigenvalue weighted by Crippen LogP contribution is -2.28. The molecule has 0 aliphatic heterocycles. The molecule has 0 aromatic rings. The molecule has 5 nitrogen and oxygen atoms in total. The van der Waals surface area contributed by atoms with Gasteiger partial charge in [0.05, 0.1) is 6.61 Å². The van der Waals surface area contributed by atoms with Gasteiger partial charge < -0.3 is 14.6 Å². The first-order valence-electron chi connectivity index (χ1n) is 24.9. The molecule has 0 saturated heterocycles. The van der Waals surface area contributed by atoms with E-state index >= 15 is 0 Å². The molecule has 0 amide bonds. The van der Waals surface area contributed by atoms with Crippen LogP contribution in [0.15, 0.2) is 24.3 Å². The number of allylic oxidation sites excluding steroid dienone is 4. The molecule has 0 unspecified atom stereocenters. The maximum atomic E-state index is 12.3. The second kappa shape index (κ2) is 47.8. The van der Waals surface area contributed by atoms with Crippen molar-refractivity contribution in [1.29, 1.82) is 0 Å². The van der Waals surface area contributed by atoms with Crippen LogP contribution in [0.5, 0.6) is 0 Å². The number of aliphatic hydroxyl groups excluding tert-OH is 1. The fraction of sp³-hybridized carbons (Fsp3) is 0.882. The van der Waals surface area contributed by atoms with Gasteiger partial charge in [-0.3, -0.25) is 9.59 Å². The van der Waals surface area contributed by atoms with E-state index in [9.17, 15) is 14.7 Å². The average Bonchev–Trinajstić information content (AvgIpc) is 3.20. The predicted molar refractivity (Wildman–Crippen MR) is 242 cm³/mol. The summed E-state index contributed by atoms with van der Waals surface area (Å²) in [6.07, 6.45) is 58.4. The maximum Gasteiger partial charge on any atom is 0.306 e. The number of unbranched alkanes of at least 4 members (excludes halogenated alkanes) is 34. The van der Waals surface area contributed by atoms with Gasteiger partial charge in [-0.05, 0) is 64.2 Å². The van der Waals surface area contributed by atoms with Crippen molar-refractivity contribution in [3.8, 4) is 0 Å². The highest BCUT2D eigenvalue weighted by Crippen LogP contribution is 2.16. The Labute approximate surface area is 349 Å². The quantitative estimate of drug-likeness (QED) is 0.0378. The molecule has 0 aromatic carbocycles. The van der Waals surface area contributed by atoms with Crippen LogP contribution in [0.3, 0.4) is 0 Å². The summed E-state index contributed by atoms with van der Waals surface area (Å²) >= 11 is 0. The summed E-state index contributed by atoms with van der Waals surface area (Å²) in [5, 5.41) is 9.62. The molecule has 330 valence electrons. The third-order valence-corrected chi connectivity index (χ3v) is 11.2. The molecule has 0 bridgehead atoms. The van der Waals surface area contributed by atoms with Crippen LogP contribution in [0.4, 0.5) is 0 Å². The molecule has 0 spiro atoms. The molecule has 0 heterocycles. The van der Waals surface area contributed by atoms with Crippen LogP contribution in [-0.4, -0.2) is 36.4 Å². The van der Waals surface area contributed by atoms with Crippen molar-refractivity contribution < 1.29 is 24.2 Å². The third-order valence-electron chi connectivity index (χ3n) is 11.2. The first-order valence-corrected chi connectivity index (χ1v) is 24.9. The number of rotatable bonds is 46. The second-order valence-electron chi connectivity index (χ2n) is 16.9. The number of hydrogen-bond acceptors (Lipinski definition) is 5. The highest BCUT2D eigenvalue weighted by Gasteiger charge is 2.16. The lowest BCUT2D eigenvalue weighted by molar-refractivity contribution is -0.161. The van der Waals surface area contributed by atoms with Crippen LogP contribution in [0.1, 0.15) is 271 Å². The van der Waals surface area contributed by atoms with E-state index < -0.39 is 6.10 Å². The van der Waals surface area contributed by atoms with Gasteiger partial charge in [0.15, 0.2) is 6.10 Å². The van der Waals surface area contributed by atoms with Crippen molar-refractivity contribution in [1.82, 2.24) is 0 Å². The van der Waals surface area contributed by atoms with Crippen molar-refractivity contribution in [2.24, 2.45) is 0 Å². The Morgan fingerprint density at radius 3 is 0.964 bits per heavy atom. The fourth-order valence-corrected chi connectivity index (χ4v) is 7.43. The van der Waals surface area contributed by atoms with Crippen molar-refractivity contribution in [2.75, 3.05) is 13.2 Å². The predicted octanol–water partition coefficient (Wildman–Crippen LogP) is 16.2. The summed E-state index contributed by atoms with van der Waals surface area (Å²) in [6, 6.07) is 0. The van der Waals surface area contributed by atoms with Gasteiger partial charge in [-0.1, -0.05) is 218 Å². The lowest BCUT2D eigenvalue weighted by atomic mass is 10.0. The van der Waals surface area contributed by atoms with Crippen molar-refractivity contribution in [3.63, 3.8) is 0 Å². The first kappa shape index (κ1) is 54.4. The summed E-state index contributed by atoms with van der Waals surface area (Å²) in [5.41, 5.74) is 0. The van der Waals surface area contributed by atoms with E-state index in [2.05, 4.69) is 38.2 Å². The van der Waals surface area contributed by atoms with E-state index in [-0.39, 0.29) is 25.2 Å². The summed E-state index contributed by atoms with van der Waals surface area (Å²) in [4.78, 5) is 24.4. The van der Waals surface area contributed by atoms with E-state index in [0.29, 0.717) is 12.8 Å². The Hall–Kier alpha value is -1.62. The highest BCUT2D eigenvalue weighted by molar-refractivity contribution is 5.70. The topological polar surface area (TPSA) is 72.8 Å². The van der Waals surface area contributed by atoms with Crippen LogP contribution in [0.25, 0.3) is 0 Å². The molecular formula is C51H96O5. The normalized spacial score (nSPS) is 12.3. The molecule has 1 atom stereocenters. The Kier molecular flexibility index (Phi) is 46.4. The molecule has 56 heavy (non-hydrogen) atoms. The van der Waals surface area contributed by atoms with Crippen LogP contribution in [0, 0.1) is 0 Å². The molecule has 1 N–H and O–H groups in total. The second-order valence-corrected chi connectivity index (χ2v) is 16.9. The zero-order valence-electron chi connectivity index (χ0n) is 37.7. The van der Waals surface area contributed by atoms with Crippen molar-refractivity contribution in [2.45, 2.75) is 277 Å². The molecule has 0 radical (unpaired) electrons. The number of esters is 2. The number of carbonyl (C=O) groups is 2. The highest BCUT2D eigenvalue weighted by atomic mass is 16.6. The molecule has 0 fully saturated rings. The SMILES string of the molecule is CCCCCCCC/C=C\CCCCCCCCCCCCCC(=O)OC[C@H](CO)OC(=O)CCCCCCCCCCCCC/C=C\CCCCCCCC. The van der Waals surface area contributed by atoms with E-state index in [1.165, 1.54) is 205 Å². The zero-order chi connectivity index (χ0) is 40.7. The zero-order valence-corrected chi connectivity index (χ0v) is 37.7. The minimum absolute atomic E-state index is 0.0621. The summed E-state index contributed by atoms with van der Waals surface area (Å²) in [6.45, 7) is 4.17. The lowest BCUT2D eigenvalue weighted by Gasteiger charge is -2.15. The molecule has 0 rings (SSSR count). The number of hydrogen-bond donors (Lipinski definition) is 1. The van der Waals surface area contributed by atoms with E-state index in [4.69, 9.17) is 9.47 Å². The summed E-state index contributed by atoms with van der Waals surface area (Å²) in [7, 11) is 0. The fourth-order valence-electron chi connectivity index (χ4n) is 7.43. The van der Waals surface area contributed by atoms with Gasteiger partial charge in [0.2, 0.25) is 0 Å². The van der Waals surface area contributed by atoms with Gasteiger partial charge in [-0.2, -0.15) is 0 Å². The molecular weight excluding hydrogens is 693 g/mol.